The topological polar surface area (TPSA) is 63.3 Å². The Morgan fingerprint density at radius 3 is 2.60 bits per heavy atom. The molecule has 0 aromatic heterocycles. The molecule has 1 aliphatic rings. The second-order valence-corrected chi connectivity index (χ2v) is 3.29. The Labute approximate surface area is 60.2 Å². The van der Waals surface area contributed by atoms with E-state index in [4.69, 9.17) is 10.8 Å². The Kier molecular flexibility index (Phi) is 1.68. The molecule has 0 aliphatic heterocycles. The first kappa shape index (κ1) is 7.54. The van der Waals surface area contributed by atoms with Crippen LogP contribution in [0.25, 0.3) is 0 Å². The van der Waals surface area contributed by atoms with Gasteiger partial charge in [-0.3, -0.25) is 4.79 Å². The lowest BCUT2D eigenvalue weighted by molar-refractivity contribution is -0.143. The SMILES string of the molecule is CC1(N)CCCC1C(=O)O. The van der Waals surface area contributed by atoms with Crippen molar-refractivity contribution in [2.24, 2.45) is 11.7 Å². The molecule has 1 rings (SSSR count). The van der Waals surface area contributed by atoms with E-state index in [-0.39, 0.29) is 5.92 Å². The van der Waals surface area contributed by atoms with E-state index in [0.29, 0.717) is 0 Å². The van der Waals surface area contributed by atoms with Crippen molar-refractivity contribution in [2.75, 3.05) is 0 Å². The van der Waals surface area contributed by atoms with E-state index >= 15 is 0 Å². The highest BCUT2D eigenvalue weighted by molar-refractivity contribution is 5.72. The van der Waals surface area contributed by atoms with Crippen LogP contribution in [0, 0.1) is 5.92 Å². The Morgan fingerprint density at radius 1 is 1.80 bits per heavy atom. The second kappa shape index (κ2) is 2.23. The van der Waals surface area contributed by atoms with Gasteiger partial charge in [0.25, 0.3) is 0 Å². The largest absolute Gasteiger partial charge is 0.481 e. The van der Waals surface area contributed by atoms with Gasteiger partial charge in [0, 0.05) is 5.54 Å². The second-order valence-electron chi connectivity index (χ2n) is 3.29. The monoisotopic (exact) mass is 143 g/mol. The van der Waals surface area contributed by atoms with Crippen LogP contribution in [0.15, 0.2) is 0 Å². The van der Waals surface area contributed by atoms with Crippen LogP contribution in [-0.4, -0.2) is 16.6 Å². The number of nitrogens with two attached hydrogens (primary N) is 1. The third kappa shape index (κ3) is 1.14. The molecule has 58 valence electrons. The van der Waals surface area contributed by atoms with Crippen LogP contribution in [0.2, 0.25) is 0 Å². The van der Waals surface area contributed by atoms with Gasteiger partial charge in [0.2, 0.25) is 0 Å². The minimum Gasteiger partial charge on any atom is -0.481 e. The van der Waals surface area contributed by atoms with E-state index in [0.717, 1.165) is 19.3 Å². The summed E-state index contributed by atoms with van der Waals surface area (Å²) in [4.78, 5) is 10.5. The van der Waals surface area contributed by atoms with Crippen molar-refractivity contribution in [1.82, 2.24) is 0 Å². The van der Waals surface area contributed by atoms with Crippen molar-refractivity contribution in [2.45, 2.75) is 31.7 Å². The average Bonchev–Trinajstić information content (AvgIpc) is 2.08. The van der Waals surface area contributed by atoms with E-state index < -0.39 is 11.5 Å². The third-order valence-corrected chi connectivity index (χ3v) is 2.30. The normalized spacial score (nSPS) is 40.0. The van der Waals surface area contributed by atoms with Crippen LogP contribution >= 0.6 is 0 Å². The molecule has 2 unspecified atom stereocenters. The van der Waals surface area contributed by atoms with E-state index in [9.17, 15) is 4.79 Å². The smallest absolute Gasteiger partial charge is 0.308 e. The molecule has 1 saturated carbocycles. The van der Waals surface area contributed by atoms with Gasteiger partial charge in [-0.2, -0.15) is 0 Å². The van der Waals surface area contributed by atoms with Crippen molar-refractivity contribution in [3.05, 3.63) is 0 Å². The summed E-state index contributed by atoms with van der Waals surface area (Å²) in [6, 6.07) is 0. The van der Waals surface area contributed by atoms with Gasteiger partial charge in [0.1, 0.15) is 0 Å². The molecule has 1 aliphatic carbocycles. The summed E-state index contributed by atoms with van der Waals surface area (Å²) in [5.41, 5.74) is 5.28. The molecule has 10 heavy (non-hydrogen) atoms. The third-order valence-electron chi connectivity index (χ3n) is 2.30. The van der Waals surface area contributed by atoms with E-state index in [1.165, 1.54) is 0 Å². The van der Waals surface area contributed by atoms with E-state index in [2.05, 4.69) is 0 Å². The van der Waals surface area contributed by atoms with E-state index in [1.54, 1.807) is 0 Å². The Morgan fingerprint density at radius 2 is 2.40 bits per heavy atom. The maximum atomic E-state index is 10.5. The standard InChI is InChI=1S/C7H13NO2/c1-7(8)4-2-3-5(7)6(9)10/h5H,2-4,8H2,1H3,(H,9,10). The quantitative estimate of drug-likeness (QED) is 0.564. The fourth-order valence-corrected chi connectivity index (χ4v) is 1.60. The highest BCUT2D eigenvalue weighted by atomic mass is 16.4. The number of carboxylic acid groups (broad SMARTS) is 1. The summed E-state index contributed by atoms with van der Waals surface area (Å²) >= 11 is 0. The molecule has 0 amide bonds. The Bertz CT molecular complexity index is 154. The minimum atomic E-state index is -0.748. The predicted molar refractivity (Wildman–Crippen MR) is 37.6 cm³/mol. The fraction of sp³-hybridized carbons (Fsp3) is 0.857. The zero-order valence-electron chi connectivity index (χ0n) is 6.13. The maximum absolute atomic E-state index is 10.5. The molecule has 0 heterocycles. The molecule has 0 bridgehead atoms. The molecular formula is C7H13NO2. The molecule has 2 atom stereocenters. The lowest BCUT2D eigenvalue weighted by atomic mass is 9.90. The van der Waals surface area contributed by atoms with Crippen LogP contribution in [0.5, 0.6) is 0 Å². The van der Waals surface area contributed by atoms with Gasteiger partial charge in [-0.15, -0.1) is 0 Å². The summed E-state index contributed by atoms with van der Waals surface area (Å²) in [7, 11) is 0. The first-order chi connectivity index (χ1) is 4.54. The number of carboxylic acids is 1. The summed E-state index contributed by atoms with van der Waals surface area (Å²) in [5, 5.41) is 8.67. The molecule has 3 N–H and O–H groups in total. The molecular weight excluding hydrogens is 130 g/mol. The Balaban J connectivity index is 2.68. The first-order valence-electron chi connectivity index (χ1n) is 3.56. The van der Waals surface area contributed by atoms with Gasteiger partial charge in [-0.1, -0.05) is 6.42 Å². The van der Waals surface area contributed by atoms with Gasteiger partial charge >= 0.3 is 5.97 Å². The van der Waals surface area contributed by atoms with Crippen molar-refractivity contribution in [3.63, 3.8) is 0 Å². The van der Waals surface area contributed by atoms with Crippen LogP contribution in [-0.2, 0) is 4.79 Å². The lowest BCUT2D eigenvalue weighted by Crippen LogP contribution is -2.43. The summed E-state index contributed by atoms with van der Waals surface area (Å²) < 4.78 is 0. The number of hydrogen-bond acceptors (Lipinski definition) is 2. The summed E-state index contributed by atoms with van der Waals surface area (Å²) in [5.74, 6) is -1.07. The molecule has 3 heteroatoms. The van der Waals surface area contributed by atoms with E-state index in [1.807, 2.05) is 6.92 Å². The van der Waals surface area contributed by atoms with Crippen LogP contribution in [0.3, 0.4) is 0 Å². The van der Waals surface area contributed by atoms with Gasteiger partial charge in [-0.25, -0.2) is 0 Å². The fourth-order valence-electron chi connectivity index (χ4n) is 1.60. The highest BCUT2D eigenvalue weighted by Gasteiger charge is 2.39. The zero-order chi connectivity index (χ0) is 7.78. The van der Waals surface area contributed by atoms with Crippen molar-refractivity contribution < 1.29 is 9.90 Å². The first-order valence-corrected chi connectivity index (χ1v) is 3.56. The molecule has 0 radical (unpaired) electrons. The molecule has 0 spiro atoms. The summed E-state index contributed by atoms with van der Waals surface area (Å²) in [6.45, 7) is 1.82. The van der Waals surface area contributed by atoms with Gasteiger partial charge < -0.3 is 10.8 Å². The highest BCUT2D eigenvalue weighted by Crippen LogP contribution is 2.33. The summed E-state index contributed by atoms with van der Waals surface area (Å²) in [6.07, 6.45) is 2.52. The van der Waals surface area contributed by atoms with Crippen LogP contribution < -0.4 is 5.73 Å². The Hall–Kier alpha value is -0.570. The lowest BCUT2D eigenvalue weighted by Gasteiger charge is -2.22. The van der Waals surface area contributed by atoms with Crippen molar-refractivity contribution in [1.29, 1.82) is 0 Å². The van der Waals surface area contributed by atoms with Crippen LogP contribution in [0.1, 0.15) is 26.2 Å². The number of hydrogen-bond donors (Lipinski definition) is 2. The van der Waals surface area contributed by atoms with Gasteiger partial charge in [0.15, 0.2) is 0 Å². The minimum absolute atomic E-state index is 0.326. The average molecular weight is 143 g/mol. The number of rotatable bonds is 1. The number of aliphatic carboxylic acids is 1. The van der Waals surface area contributed by atoms with Crippen molar-refractivity contribution >= 4 is 5.97 Å². The number of carbonyl (C=O) groups is 1. The van der Waals surface area contributed by atoms with Crippen molar-refractivity contribution in [3.8, 4) is 0 Å². The molecule has 1 fully saturated rings. The molecule has 3 nitrogen and oxygen atoms in total. The molecule has 0 saturated heterocycles. The van der Waals surface area contributed by atoms with Gasteiger partial charge in [0.05, 0.1) is 5.92 Å². The molecule has 0 aromatic carbocycles. The maximum Gasteiger partial charge on any atom is 0.308 e. The van der Waals surface area contributed by atoms with Gasteiger partial charge in [-0.05, 0) is 19.8 Å². The zero-order valence-corrected chi connectivity index (χ0v) is 6.13. The van der Waals surface area contributed by atoms with Crippen LogP contribution in [0.4, 0.5) is 0 Å². The molecule has 0 aromatic rings. The predicted octanol–water partition coefficient (Wildman–Crippen LogP) is 0.589.